The van der Waals surface area contributed by atoms with Gasteiger partial charge in [-0.3, -0.25) is 14.4 Å². The Morgan fingerprint density at radius 1 is 1.37 bits per heavy atom. The van der Waals surface area contributed by atoms with Crippen LogP contribution in [-0.4, -0.2) is 63.9 Å². The molecular formula is C17H19N3O6S. The Labute approximate surface area is 157 Å². The van der Waals surface area contributed by atoms with Gasteiger partial charge in [0.05, 0.1) is 25.0 Å². The van der Waals surface area contributed by atoms with Crippen molar-refractivity contribution >= 4 is 27.8 Å². The Hall–Kier alpha value is -2.90. The Morgan fingerprint density at radius 3 is 2.63 bits per heavy atom. The number of terminal acetylenes is 1. The minimum atomic E-state index is -3.77. The van der Waals surface area contributed by atoms with Gasteiger partial charge in [-0.2, -0.15) is 4.72 Å². The Morgan fingerprint density at radius 2 is 2.04 bits per heavy atom. The predicted molar refractivity (Wildman–Crippen MR) is 94.9 cm³/mol. The summed E-state index contributed by atoms with van der Waals surface area (Å²) in [5.74, 6) is 0.621. The lowest BCUT2D eigenvalue weighted by atomic mass is 10.1. The second-order valence-electron chi connectivity index (χ2n) is 5.64. The van der Waals surface area contributed by atoms with Crippen molar-refractivity contribution in [2.75, 3.05) is 26.7 Å². The van der Waals surface area contributed by atoms with Gasteiger partial charge in [-0.15, -0.1) is 6.42 Å². The number of carbonyl (C=O) groups is 3. The van der Waals surface area contributed by atoms with Crippen LogP contribution in [0.4, 0.5) is 0 Å². The van der Waals surface area contributed by atoms with Gasteiger partial charge in [0, 0.05) is 18.7 Å². The van der Waals surface area contributed by atoms with Crippen LogP contribution in [0.25, 0.3) is 0 Å². The largest absolute Gasteiger partial charge is 0.469 e. The summed E-state index contributed by atoms with van der Waals surface area (Å²) in [6.07, 6.45) is 4.77. The topological polar surface area (TPSA) is 122 Å². The van der Waals surface area contributed by atoms with Gasteiger partial charge < -0.3 is 15.0 Å². The molecule has 0 spiro atoms. The van der Waals surface area contributed by atoms with Gasteiger partial charge in [0.1, 0.15) is 6.04 Å². The molecule has 0 aliphatic carbocycles. The number of hydrogen-bond acceptors (Lipinski definition) is 6. The van der Waals surface area contributed by atoms with E-state index in [0.29, 0.717) is 0 Å². The number of nitrogens with one attached hydrogen (secondary N) is 2. The molecule has 1 atom stereocenters. The molecule has 2 rings (SSSR count). The van der Waals surface area contributed by atoms with E-state index < -0.39 is 33.8 Å². The third kappa shape index (κ3) is 4.84. The molecule has 0 aromatic heterocycles. The van der Waals surface area contributed by atoms with Crippen LogP contribution in [0.15, 0.2) is 29.2 Å². The van der Waals surface area contributed by atoms with Crippen molar-refractivity contribution < 1.29 is 27.5 Å². The molecule has 1 saturated heterocycles. The lowest BCUT2D eigenvalue weighted by Gasteiger charge is -2.34. The van der Waals surface area contributed by atoms with Gasteiger partial charge in [0.15, 0.2) is 0 Å². The molecule has 1 aliphatic heterocycles. The van der Waals surface area contributed by atoms with Gasteiger partial charge in [-0.05, 0) is 24.3 Å². The standard InChI is InChI=1S/C17H19N3O6S/c1-3-8-19-27(24,25)13-6-4-12(5-7-13)17(23)20-10-9-18-16(22)14(20)11-15(21)26-2/h1,4-7,14,19H,8-11H2,2H3,(H,18,22)/t14-/m1/s1. The molecule has 1 aromatic carbocycles. The van der Waals surface area contributed by atoms with Gasteiger partial charge >= 0.3 is 5.97 Å². The van der Waals surface area contributed by atoms with Crippen LogP contribution >= 0.6 is 0 Å². The first-order chi connectivity index (χ1) is 12.8. The molecule has 9 nitrogen and oxygen atoms in total. The van der Waals surface area contributed by atoms with Crippen molar-refractivity contribution in [1.82, 2.24) is 14.9 Å². The fourth-order valence-corrected chi connectivity index (χ4v) is 3.50. The highest BCUT2D eigenvalue weighted by Crippen LogP contribution is 2.17. The first-order valence-electron chi connectivity index (χ1n) is 7.99. The third-order valence-electron chi connectivity index (χ3n) is 3.96. The van der Waals surface area contributed by atoms with Crippen molar-refractivity contribution in [2.24, 2.45) is 0 Å². The number of nitrogens with zero attached hydrogens (tertiary/aromatic N) is 1. The summed E-state index contributed by atoms with van der Waals surface area (Å²) in [5, 5.41) is 2.60. The van der Waals surface area contributed by atoms with E-state index in [4.69, 9.17) is 6.42 Å². The fourth-order valence-electron chi connectivity index (χ4n) is 2.56. The number of piperazine rings is 1. The molecule has 2 N–H and O–H groups in total. The first-order valence-corrected chi connectivity index (χ1v) is 9.47. The van der Waals surface area contributed by atoms with Crippen LogP contribution in [0.1, 0.15) is 16.8 Å². The zero-order valence-electron chi connectivity index (χ0n) is 14.6. The lowest BCUT2D eigenvalue weighted by Crippen LogP contribution is -2.57. The van der Waals surface area contributed by atoms with Crippen molar-refractivity contribution in [2.45, 2.75) is 17.4 Å². The van der Waals surface area contributed by atoms with E-state index in [-0.39, 0.29) is 36.5 Å². The minimum absolute atomic E-state index is 0.0446. The van der Waals surface area contributed by atoms with Crippen LogP contribution in [0.5, 0.6) is 0 Å². The van der Waals surface area contributed by atoms with Crippen LogP contribution < -0.4 is 10.0 Å². The fraction of sp³-hybridized carbons (Fsp3) is 0.353. The molecule has 1 heterocycles. The Kier molecular flexibility index (Phi) is 6.55. The van der Waals surface area contributed by atoms with Gasteiger partial charge in [-0.25, -0.2) is 8.42 Å². The highest BCUT2D eigenvalue weighted by Gasteiger charge is 2.35. The number of rotatable bonds is 6. The second-order valence-corrected chi connectivity index (χ2v) is 7.41. The van der Waals surface area contributed by atoms with Crippen molar-refractivity contribution in [3.05, 3.63) is 29.8 Å². The molecule has 27 heavy (non-hydrogen) atoms. The number of carbonyl (C=O) groups excluding carboxylic acids is 3. The van der Waals surface area contributed by atoms with E-state index >= 15 is 0 Å². The molecule has 1 aliphatic rings. The molecule has 1 aromatic rings. The van der Waals surface area contributed by atoms with E-state index in [1.54, 1.807) is 0 Å². The van der Waals surface area contributed by atoms with E-state index in [9.17, 15) is 22.8 Å². The molecule has 144 valence electrons. The highest BCUT2D eigenvalue weighted by atomic mass is 32.2. The van der Waals surface area contributed by atoms with Gasteiger partial charge in [0.2, 0.25) is 15.9 Å². The number of hydrogen-bond donors (Lipinski definition) is 2. The SMILES string of the molecule is C#CCNS(=O)(=O)c1ccc(C(=O)N2CCNC(=O)[C@H]2CC(=O)OC)cc1. The van der Waals surface area contributed by atoms with E-state index in [1.165, 1.54) is 36.3 Å². The number of methoxy groups -OCH3 is 1. The van der Waals surface area contributed by atoms with Gasteiger partial charge in [-0.1, -0.05) is 5.92 Å². The maximum Gasteiger partial charge on any atom is 0.308 e. The maximum atomic E-state index is 12.8. The summed E-state index contributed by atoms with van der Waals surface area (Å²) < 4.78 is 30.8. The van der Waals surface area contributed by atoms with Crippen molar-refractivity contribution in [3.63, 3.8) is 0 Å². The normalized spacial score (nSPS) is 17.0. The maximum absolute atomic E-state index is 12.8. The summed E-state index contributed by atoms with van der Waals surface area (Å²) in [5.41, 5.74) is 0.190. The van der Waals surface area contributed by atoms with Crippen LogP contribution in [0.2, 0.25) is 0 Å². The number of amides is 2. The summed E-state index contributed by atoms with van der Waals surface area (Å²) >= 11 is 0. The van der Waals surface area contributed by atoms with E-state index in [0.717, 1.165) is 0 Å². The van der Waals surface area contributed by atoms with Crippen LogP contribution in [0.3, 0.4) is 0 Å². The van der Waals surface area contributed by atoms with E-state index in [1.807, 2.05) is 0 Å². The Bertz CT molecular complexity index is 873. The average Bonchev–Trinajstić information content (AvgIpc) is 2.67. The molecule has 10 heteroatoms. The third-order valence-corrected chi connectivity index (χ3v) is 5.37. The van der Waals surface area contributed by atoms with Crippen molar-refractivity contribution in [1.29, 1.82) is 0 Å². The number of sulfonamides is 1. The first kappa shape index (κ1) is 20.4. The van der Waals surface area contributed by atoms with Crippen LogP contribution in [0, 0.1) is 12.3 Å². The number of benzene rings is 1. The highest BCUT2D eigenvalue weighted by molar-refractivity contribution is 7.89. The Balaban J connectivity index is 2.21. The zero-order valence-corrected chi connectivity index (χ0v) is 15.4. The smallest absolute Gasteiger partial charge is 0.308 e. The molecule has 2 amide bonds. The minimum Gasteiger partial charge on any atom is -0.469 e. The number of esters is 1. The molecule has 0 saturated carbocycles. The monoisotopic (exact) mass is 393 g/mol. The summed E-state index contributed by atoms with van der Waals surface area (Å²) in [7, 11) is -2.57. The molecule has 0 unspecified atom stereocenters. The summed E-state index contributed by atoms with van der Waals surface area (Å²) in [4.78, 5) is 37.6. The lowest BCUT2D eigenvalue weighted by molar-refractivity contribution is -0.145. The van der Waals surface area contributed by atoms with Crippen molar-refractivity contribution in [3.8, 4) is 12.3 Å². The average molecular weight is 393 g/mol. The zero-order chi connectivity index (χ0) is 20.0. The second kappa shape index (κ2) is 8.66. The predicted octanol–water partition coefficient (Wildman–Crippen LogP) is -0.898. The molecule has 1 fully saturated rings. The van der Waals surface area contributed by atoms with Crippen LogP contribution in [-0.2, 0) is 24.3 Å². The van der Waals surface area contributed by atoms with Gasteiger partial charge in [0.25, 0.3) is 5.91 Å². The summed E-state index contributed by atoms with van der Waals surface area (Å²) in [6, 6.07) is 4.24. The number of ether oxygens (including phenoxy) is 1. The van der Waals surface area contributed by atoms with E-state index in [2.05, 4.69) is 20.7 Å². The quantitative estimate of drug-likeness (QED) is 0.477. The molecule has 0 bridgehead atoms. The molecular weight excluding hydrogens is 374 g/mol. The molecule has 0 radical (unpaired) electrons. The summed E-state index contributed by atoms with van der Waals surface area (Å²) in [6.45, 7) is 0.321.